The van der Waals surface area contributed by atoms with Crippen LogP contribution in [-0.4, -0.2) is 26.1 Å². The lowest BCUT2D eigenvalue weighted by molar-refractivity contribution is 0.0963. The van der Waals surface area contributed by atoms with Gasteiger partial charge in [-0.05, 0) is 37.3 Å². The van der Waals surface area contributed by atoms with Crippen LogP contribution in [0.25, 0.3) is 0 Å². The molecule has 0 aliphatic heterocycles. The first kappa shape index (κ1) is 18.1. The van der Waals surface area contributed by atoms with Crippen LogP contribution in [0.5, 0.6) is 5.75 Å². The zero-order valence-corrected chi connectivity index (χ0v) is 15.0. The molecule has 8 heteroatoms. The van der Waals surface area contributed by atoms with E-state index in [0.29, 0.717) is 21.3 Å². The minimum atomic E-state index is -0.403. The Morgan fingerprint density at radius 2 is 2.00 bits per heavy atom. The van der Waals surface area contributed by atoms with Crippen molar-refractivity contribution in [1.82, 2.24) is 10.6 Å². The molecule has 6 nitrogen and oxygen atoms in total. The summed E-state index contributed by atoms with van der Waals surface area (Å²) in [6, 6.07) is 7.86. The maximum Gasteiger partial charge on any atom is 0.319 e. The molecule has 0 radical (unpaired) electrons. The van der Waals surface area contributed by atoms with Gasteiger partial charge in [0, 0.05) is 17.5 Å². The van der Waals surface area contributed by atoms with Gasteiger partial charge in [0.15, 0.2) is 0 Å². The van der Waals surface area contributed by atoms with Gasteiger partial charge < -0.3 is 20.7 Å². The van der Waals surface area contributed by atoms with Gasteiger partial charge in [-0.1, -0.05) is 11.6 Å². The van der Waals surface area contributed by atoms with E-state index >= 15 is 0 Å². The number of carbonyl (C=O) groups excluding carboxylic acids is 2. The van der Waals surface area contributed by atoms with Crippen LogP contribution < -0.4 is 20.7 Å². The van der Waals surface area contributed by atoms with Crippen molar-refractivity contribution in [3.05, 3.63) is 45.1 Å². The summed E-state index contributed by atoms with van der Waals surface area (Å²) in [4.78, 5) is 24.9. The second-order valence-electron chi connectivity index (χ2n) is 4.96. The lowest BCUT2D eigenvalue weighted by atomic mass is 10.1. The van der Waals surface area contributed by atoms with E-state index in [2.05, 4.69) is 16.0 Å². The zero-order valence-electron chi connectivity index (χ0n) is 13.5. The molecule has 3 amide bonds. The molecular formula is C16H18ClN3O3S. The Kier molecular flexibility index (Phi) is 6.05. The number of urea groups is 1. The molecule has 0 bridgehead atoms. The highest BCUT2D eigenvalue weighted by Gasteiger charge is 2.15. The van der Waals surface area contributed by atoms with Crippen molar-refractivity contribution in [1.29, 1.82) is 0 Å². The number of ether oxygens (including phenoxy) is 1. The van der Waals surface area contributed by atoms with Gasteiger partial charge in [0.25, 0.3) is 5.91 Å². The molecule has 0 saturated heterocycles. The Hall–Kier alpha value is -2.25. The number of anilines is 1. The predicted molar refractivity (Wildman–Crippen MR) is 96.3 cm³/mol. The third-order valence-electron chi connectivity index (χ3n) is 3.31. The Labute approximate surface area is 149 Å². The monoisotopic (exact) mass is 367 g/mol. The summed E-state index contributed by atoms with van der Waals surface area (Å²) in [5, 5.41) is 8.06. The smallest absolute Gasteiger partial charge is 0.319 e. The van der Waals surface area contributed by atoms with Gasteiger partial charge in [-0.3, -0.25) is 4.79 Å². The number of rotatable bonds is 5. The van der Waals surface area contributed by atoms with Crippen LogP contribution in [0, 0.1) is 0 Å². The molecule has 1 heterocycles. The summed E-state index contributed by atoms with van der Waals surface area (Å²) in [5.41, 5.74) is 0.833. The molecule has 128 valence electrons. The van der Waals surface area contributed by atoms with Crippen molar-refractivity contribution in [3.63, 3.8) is 0 Å². The average Bonchev–Trinajstić information content (AvgIpc) is 3.00. The maximum absolute atomic E-state index is 12.2. The zero-order chi connectivity index (χ0) is 17.7. The van der Waals surface area contributed by atoms with Crippen LogP contribution in [0.1, 0.15) is 28.2 Å². The number of carbonyl (C=O) groups is 2. The molecule has 24 heavy (non-hydrogen) atoms. The Morgan fingerprint density at radius 1 is 1.25 bits per heavy atom. The molecule has 1 aromatic carbocycles. The molecule has 0 fully saturated rings. The first-order valence-electron chi connectivity index (χ1n) is 7.17. The average molecular weight is 368 g/mol. The summed E-state index contributed by atoms with van der Waals surface area (Å²) in [7, 11) is 3.04. The fourth-order valence-corrected chi connectivity index (χ4v) is 3.14. The molecular weight excluding hydrogens is 350 g/mol. The minimum absolute atomic E-state index is 0.199. The van der Waals surface area contributed by atoms with E-state index < -0.39 is 6.03 Å². The fraction of sp³-hybridized carbons (Fsp3) is 0.250. The lowest BCUT2D eigenvalue weighted by Gasteiger charge is -2.15. The van der Waals surface area contributed by atoms with E-state index in [4.69, 9.17) is 16.3 Å². The van der Waals surface area contributed by atoms with Crippen LogP contribution in [0.4, 0.5) is 10.5 Å². The van der Waals surface area contributed by atoms with Crippen molar-refractivity contribution in [2.45, 2.75) is 13.0 Å². The Morgan fingerprint density at radius 3 is 2.58 bits per heavy atom. The molecule has 0 spiro atoms. The third-order valence-corrected chi connectivity index (χ3v) is 4.72. The normalized spacial score (nSPS) is 11.5. The van der Waals surface area contributed by atoms with Crippen LogP contribution in [-0.2, 0) is 0 Å². The quantitative estimate of drug-likeness (QED) is 0.754. The highest BCUT2D eigenvalue weighted by atomic mass is 35.5. The van der Waals surface area contributed by atoms with Gasteiger partial charge in [0.05, 0.1) is 23.2 Å². The SMILES string of the molecule is CNC(=O)c1ccc(OC)c(NC(=O)NC(C)c2ccc(Cl)s2)c1. The largest absolute Gasteiger partial charge is 0.495 e. The molecule has 2 aromatic rings. The van der Waals surface area contributed by atoms with Gasteiger partial charge in [-0.2, -0.15) is 0 Å². The van der Waals surface area contributed by atoms with Crippen LogP contribution >= 0.6 is 22.9 Å². The van der Waals surface area contributed by atoms with Crippen molar-refractivity contribution in [2.24, 2.45) is 0 Å². The van der Waals surface area contributed by atoms with Crippen LogP contribution in [0.3, 0.4) is 0 Å². The van der Waals surface area contributed by atoms with E-state index in [-0.39, 0.29) is 11.9 Å². The highest BCUT2D eigenvalue weighted by molar-refractivity contribution is 7.16. The molecule has 1 atom stereocenters. The third kappa shape index (κ3) is 4.39. The molecule has 1 unspecified atom stereocenters. The highest BCUT2D eigenvalue weighted by Crippen LogP contribution is 2.28. The number of amides is 3. The van der Waals surface area contributed by atoms with E-state index in [9.17, 15) is 9.59 Å². The number of nitrogens with one attached hydrogen (secondary N) is 3. The van der Waals surface area contributed by atoms with Crippen molar-refractivity contribution in [3.8, 4) is 5.75 Å². The Bertz CT molecular complexity index is 748. The van der Waals surface area contributed by atoms with E-state index in [1.165, 1.54) is 18.4 Å². The molecule has 2 rings (SSSR count). The number of methoxy groups -OCH3 is 1. The van der Waals surface area contributed by atoms with Crippen LogP contribution in [0.15, 0.2) is 30.3 Å². The van der Waals surface area contributed by atoms with Crippen LogP contribution in [0.2, 0.25) is 4.34 Å². The summed E-state index contributed by atoms with van der Waals surface area (Å²) < 4.78 is 5.88. The second-order valence-corrected chi connectivity index (χ2v) is 6.70. The van der Waals surface area contributed by atoms with Gasteiger partial charge in [0.2, 0.25) is 0 Å². The predicted octanol–water partition coefficient (Wildman–Crippen LogP) is 3.65. The van der Waals surface area contributed by atoms with Gasteiger partial charge >= 0.3 is 6.03 Å². The summed E-state index contributed by atoms with van der Waals surface area (Å²) in [6.07, 6.45) is 0. The maximum atomic E-state index is 12.2. The first-order chi connectivity index (χ1) is 11.4. The molecule has 0 saturated carbocycles. The van der Waals surface area contributed by atoms with E-state index in [1.807, 2.05) is 13.0 Å². The van der Waals surface area contributed by atoms with Gasteiger partial charge in [0.1, 0.15) is 5.75 Å². The number of halogens is 1. The van der Waals surface area contributed by atoms with E-state index in [0.717, 1.165) is 4.88 Å². The molecule has 1 aromatic heterocycles. The second kappa shape index (κ2) is 8.03. The van der Waals surface area contributed by atoms with E-state index in [1.54, 1.807) is 31.3 Å². The fourth-order valence-electron chi connectivity index (χ4n) is 2.08. The number of hydrogen-bond donors (Lipinski definition) is 3. The summed E-state index contributed by atoms with van der Waals surface area (Å²) in [6.45, 7) is 1.86. The number of benzene rings is 1. The Balaban J connectivity index is 2.11. The number of hydrogen-bond acceptors (Lipinski definition) is 4. The topological polar surface area (TPSA) is 79.5 Å². The summed E-state index contributed by atoms with van der Waals surface area (Å²) >= 11 is 7.31. The molecule has 0 aliphatic rings. The lowest BCUT2D eigenvalue weighted by Crippen LogP contribution is -2.31. The molecule has 3 N–H and O–H groups in total. The van der Waals surface area contributed by atoms with Gasteiger partial charge in [-0.15, -0.1) is 11.3 Å². The summed E-state index contributed by atoms with van der Waals surface area (Å²) in [5.74, 6) is 0.215. The van der Waals surface area contributed by atoms with Crippen molar-refractivity contribution in [2.75, 3.05) is 19.5 Å². The van der Waals surface area contributed by atoms with Gasteiger partial charge in [-0.25, -0.2) is 4.79 Å². The first-order valence-corrected chi connectivity index (χ1v) is 8.37. The minimum Gasteiger partial charge on any atom is -0.495 e. The standard InChI is InChI=1S/C16H18ClN3O3S/c1-9(13-6-7-14(17)24-13)19-16(22)20-11-8-10(15(21)18-2)4-5-12(11)23-3/h4-9H,1-3H3,(H,18,21)(H2,19,20,22). The van der Waals surface area contributed by atoms with Crippen molar-refractivity contribution >= 4 is 40.6 Å². The van der Waals surface area contributed by atoms with Crippen molar-refractivity contribution < 1.29 is 14.3 Å². The molecule has 0 aliphatic carbocycles. The number of thiophene rings is 1.